The number of anilines is 1. The van der Waals surface area contributed by atoms with E-state index in [2.05, 4.69) is 9.82 Å². The Hall–Kier alpha value is -1.73. The number of hydrogen-bond donors (Lipinski definition) is 1. The summed E-state index contributed by atoms with van der Waals surface area (Å²) in [6.45, 7) is 0.483. The first-order chi connectivity index (χ1) is 11.8. The van der Waals surface area contributed by atoms with Crippen LogP contribution >= 0.6 is 34.8 Å². The highest BCUT2D eigenvalue weighted by Gasteiger charge is 2.19. The molecule has 3 aromatic rings. The minimum atomic E-state index is -3.89. The normalized spacial score (nSPS) is 11.5. The van der Waals surface area contributed by atoms with E-state index >= 15 is 0 Å². The molecule has 0 aliphatic rings. The summed E-state index contributed by atoms with van der Waals surface area (Å²) >= 11 is 17.7. The van der Waals surface area contributed by atoms with Crippen LogP contribution < -0.4 is 4.72 Å². The van der Waals surface area contributed by atoms with Gasteiger partial charge in [-0.25, -0.2) is 8.42 Å². The molecule has 130 valence electrons. The quantitative estimate of drug-likeness (QED) is 0.656. The summed E-state index contributed by atoms with van der Waals surface area (Å²) in [5, 5.41) is 5.21. The van der Waals surface area contributed by atoms with Crippen molar-refractivity contribution < 1.29 is 8.42 Å². The van der Waals surface area contributed by atoms with Crippen molar-refractivity contribution in [3.63, 3.8) is 0 Å². The molecule has 0 amide bonds. The van der Waals surface area contributed by atoms with Crippen molar-refractivity contribution in [2.24, 2.45) is 0 Å². The molecule has 0 unspecified atom stereocenters. The minimum absolute atomic E-state index is 0.0810. The molecule has 1 heterocycles. The first kappa shape index (κ1) is 18.1. The topological polar surface area (TPSA) is 64.0 Å². The smallest absolute Gasteiger partial charge is 0.264 e. The Morgan fingerprint density at radius 2 is 1.64 bits per heavy atom. The summed E-state index contributed by atoms with van der Waals surface area (Å²) in [6.07, 6.45) is 1.67. The number of benzene rings is 2. The molecule has 1 aromatic heterocycles. The van der Waals surface area contributed by atoms with Crippen molar-refractivity contribution in [1.82, 2.24) is 9.78 Å². The van der Waals surface area contributed by atoms with Gasteiger partial charge in [-0.05, 0) is 35.9 Å². The molecule has 9 heteroatoms. The highest BCUT2D eigenvalue weighted by atomic mass is 35.5. The molecule has 0 aliphatic carbocycles. The van der Waals surface area contributed by atoms with Crippen LogP contribution in [0.2, 0.25) is 15.1 Å². The van der Waals surface area contributed by atoms with Crippen LogP contribution in [0.1, 0.15) is 5.56 Å². The van der Waals surface area contributed by atoms with Crippen molar-refractivity contribution in [2.75, 3.05) is 4.72 Å². The second-order valence-corrected chi connectivity index (χ2v) is 8.14. The van der Waals surface area contributed by atoms with E-state index in [4.69, 9.17) is 34.8 Å². The van der Waals surface area contributed by atoms with Crippen LogP contribution in [0.15, 0.2) is 59.6 Å². The van der Waals surface area contributed by atoms with Crippen LogP contribution in [0.3, 0.4) is 0 Å². The highest BCUT2D eigenvalue weighted by Crippen LogP contribution is 2.26. The summed E-state index contributed by atoms with van der Waals surface area (Å²) in [4.78, 5) is -0.103. The summed E-state index contributed by atoms with van der Waals surface area (Å²) in [7, 11) is -3.89. The largest absolute Gasteiger partial charge is 0.266 e. The van der Waals surface area contributed by atoms with Gasteiger partial charge in [-0.1, -0.05) is 46.9 Å². The third-order valence-electron chi connectivity index (χ3n) is 3.32. The Morgan fingerprint density at radius 1 is 0.960 bits per heavy atom. The van der Waals surface area contributed by atoms with Crippen molar-refractivity contribution in [1.29, 1.82) is 0 Å². The Bertz CT molecular complexity index is 1000. The Morgan fingerprint density at radius 3 is 2.36 bits per heavy atom. The molecule has 0 bridgehead atoms. The Labute approximate surface area is 160 Å². The van der Waals surface area contributed by atoms with Gasteiger partial charge in [0.25, 0.3) is 10.0 Å². The van der Waals surface area contributed by atoms with E-state index < -0.39 is 10.0 Å². The molecular weight excluding hydrogens is 405 g/mol. The number of sulfonamides is 1. The fourth-order valence-electron chi connectivity index (χ4n) is 2.16. The van der Waals surface area contributed by atoms with Crippen molar-refractivity contribution in [3.8, 4) is 0 Å². The second-order valence-electron chi connectivity index (χ2n) is 5.21. The molecular formula is C16H12Cl3N3O2S. The fourth-order valence-corrected chi connectivity index (χ4v) is 4.04. The lowest BCUT2D eigenvalue weighted by molar-refractivity contribution is 0.600. The van der Waals surface area contributed by atoms with Crippen LogP contribution in [0, 0.1) is 0 Å². The molecule has 2 aromatic carbocycles. The predicted molar refractivity (Wildman–Crippen MR) is 100 cm³/mol. The molecule has 3 rings (SSSR count). The van der Waals surface area contributed by atoms with Gasteiger partial charge in [-0.15, -0.1) is 0 Å². The lowest BCUT2D eigenvalue weighted by Crippen LogP contribution is -2.14. The molecule has 0 saturated heterocycles. The van der Waals surface area contributed by atoms with Gasteiger partial charge in [-0.2, -0.15) is 5.10 Å². The van der Waals surface area contributed by atoms with Crippen molar-refractivity contribution in [2.45, 2.75) is 11.4 Å². The van der Waals surface area contributed by atoms with Gasteiger partial charge in [0.15, 0.2) is 5.82 Å². The van der Waals surface area contributed by atoms with E-state index in [1.54, 1.807) is 29.1 Å². The van der Waals surface area contributed by atoms with Gasteiger partial charge in [0, 0.05) is 22.3 Å². The van der Waals surface area contributed by atoms with Crippen molar-refractivity contribution >= 4 is 50.6 Å². The van der Waals surface area contributed by atoms with Crippen LogP contribution in [-0.4, -0.2) is 18.2 Å². The van der Waals surface area contributed by atoms with E-state index in [1.807, 2.05) is 12.1 Å². The minimum Gasteiger partial charge on any atom is -0.266 e. The van der Waals surface area contributed by atoms with Gasteiger partial charge >= 0.3 is 0 Å². The van der Waals surface area contributed by atoms with Gasteiger partial charge in [-0.3, -0.25) is 9.40 Å². The average molecular weight is 417 g/mol. The van der Waals surface area contributed by atoms with Gasteiger partial charge in [0.1, 0.15) is 4.90 Å². The number of nitrogens with one attached hydrogen (secondary N) is 1. The van der Waals surface area contributed by atoms with E-state index in [0.717, 1.165) is 5.56 Å². The molecule has 0 aliphatic heterocycles. The summed E-state index contributed by atoms with van der Waals surface area (Å²) in [5.74, 6) is 0.185. The number of rotatable bonds is 5. The van der Waals surface area contributed by atoms with Crippen LogP contribution in [0.25, 0.3) is 0 Å². The fraction of sp³-hybridized carbons (Fsp3) is 0.0625. The van der Waals surface area contributed by atoms with Crippen LogP contribution in [-0.2, 0) is 16.6 Å². The van der Waals surface area contributed by atoms with Crippen molar-refractivity contribution in [3.05, 3.63) is 75.4 Å². The van der Waals surface area contributed by atoms with Gasteiger partial charge in [0.05, 0.1) is 11.6 Å². The van der Waals surface area contributed by atoms with E-state index in [1.165, 1.54) is 18.2 Å². The highest BCUT2D eigenvalue weighted by molar-refractivity contribution is 7.92. The third-order valence-corrected chi connectivity index (χ3v) is 5.64. The first-order valence-corrected chi connectivity index (χ1v) is 9.71. The maximum atomic E-state index is 12.5. The number of aromatic nitrogens is 2. The molecule has 0 saturated carbocycles. The van der Waals surface area contributed by atoms with E-state index in [9.17, 15) is 8.42 Å². The second kappa shape index (κ2) is 7.25. The lowest BCUT2D eigenvalue weighted by atomic mass is 10.2. The zero-order valence-electron chi connectivity index (χ0n) is 12.7. The summed E-state index contributed by atoms with van der Waals surface area (Å²) in [5.41, 5.74) is 0.986. The first-order valence-electron chi connectivity index (χ1n) is 7.09. The number of halogens is 3. The Kier molecular flexibility index (Phi) is 5.24. The maximum absolute atomic E-state index is 12.5. The summed E-state index contributed by atoms with van der Waals surface area (Å²) in [6, 6.07) is 13.1. The van der Waals surface area contributed by atoms with E-state index in [-0.39, 0.29) is 20.8 Å². The van der Waals surface area contributed by atoms with Crippen LogP contribution in [0.5, 0.6) is 0 Å². The average Bonchev–Trinajstić information content (AvgIpc) is 2.98. The number of hydrogen-bond acceptors (Lipinski definition) is 3. The summed E-state index contributed by atoms with van der Waals surface area (Å²) < 4.78 is 28.9. The predicted octanol–water partition coefficient (Wildman–Crippen LogP) is 4.69. The van der Waals surface area contributed by atoms with Crippen LogP contribution in [0.4, 0.5) is 5.82 Å². The van der Waals surface area contributed by atoms with Gasteiger partial charge < -0.3 is 0 Å². The molecule has 1 N–H and O–H groups in total. The molecule has 0 fully saturated rings. The third kappa shape index (κ3) is 4.46. The standard InChI is InChI=1S/C16H12Cl3N3O2S/c17-12-3-1-11(2-4-12)10-22-8-7-16(20-22)21-25(23,24)15-9-13(18)5-6-14(15)19/h1-9H,10H2,(H,20,21). The SMILES string of the molecule is O=S(=O)(Nc1ccn(Cc2ccc(Cl)cc2)n1)c1cc(Cl)ccc1Cl. The maximum Gasteiger partial charge on any atom is 0.264 e. The van der Waals surface area contributed by atoms with E-state index in [0.29, 0.717) is 11.6 Å². The zero-order valence-corrected chi connectivity index (χ0v) is 15.7. The molecule has 0 radical (unpaired) electrons. The zero-order chi connectivity index (χ0) is 18.0. The molecule has 0 atom stereocenters. The molecule has 5 nitrogen and oxygen atoms in total. The molecule has 25 heavy (non-hydrogen) atoms. The molecule has 0 spiro atoms. The lowest BCUT2D eigenvalue weighted by Gasteiger charge is -2.08. The Balaban J connectivity index is 1.78. The number of nitrogens with zero attached hydrogens (tertiary/aromatic N) is 2. The monoisotopic (exact) mass is 415 g/mol. The van der Waals surface area contributed by atoms with Gasteiger partial charge in [0.2, 0.25) is 0 Å².